The second-order valence-corrected chi connectivity index (χ2v) is 14.1. The highest BCUT2D eigenvalue weighted by Gasteiger charge is 2.58. The van der Waals surface area contributed by atoms with Crippen LogP contribution in [0.2, 0.25) is 0 Å². The largest absolute Gasteiger partial charge is 0.508 e. The zero-order valence-electron chi connectivity index (χ0n) is 28.5. The summed E-state index contributed by atoms with van der Waals surface area (Å²) in [6.45, 7) is 5.68. The number of phenols is 1. The maximum atomic E-state index is 14.3. The second-order valence-electron chi connectivity index (χ2n) is 14.1. The molecule has 3 heterocycles. The number of benzene rings is 3. The first kappa shape index (κ1) is 33.3. The highest BCUT2D eigenvalue weighted by Crippen LogP contribution is 2.50. The van der Waals surface area contributed by atoms with Crippen molar-refractivity contribution in [2.45, 2.75) is 70.6 Å². The molecule has 7 nitrogen and oxygen atoms in total. The van der Waals surface area contributed by atoms with E-state index in [0.29, 0.717) is 19.6 Å². The van der Waals surface area contributed by atoms with Crippen LogP contribution in [0, 0.1) is 17.8 Å². The van der Waals surface area contributed by atoms with E-state index in [1.54, 1.807) is 17.0 Å². The van der Waals surface area contributed by atoms with E-state index in [-0.39, 0.29) is 47.5 Å². The molecule has 7 heteroatoms. The summed E-state index contributed by atoms with van der Waals surface area (Å²) in [7, 11) is 0. The fourth-order valence-electron chi connectivity index (χ4n) is 8.57. The van der Waals surface area contributed by atoms with Crippen molar-refractivity contribution < 1.29 is 24.2 Å². The van der Waals surface area contributed by atoms with Crippen molar-refractivity contribution in [2.24, 2.45) is 17.8 Å². The molecule has 3 aliphatic heterocycles. The number of ether oxygens (including phenoxy) is 2. The summed E-state index contributed by atoms with van der Waals surface area (Å²) in [6, 6.07) is 27.6. The predicted molar refractivity (Wildman–Crippen MR) is 191 cm³/mol. The lowest BCUT2D eigenvalue weighted by atomic mass is 9.69. The van der Waals surface area contributed by atoms with Crippen molar-refractivity contribution in [3.8, 4) is 11.5 Å². The molecule has 1 N–H and O–H groups in total. The molecule has 49 heavy (non-hydrogen) atoms. The van der Waals surface area contributed by atoms with E-state index in [0.717, 1.165) is 75.0 Å². The van der Waals surface area contributed by atoms with Gasteiger partial charge in [0.2, 0.25) is 11.8 Å². The fraction of sp³-hybridized carbons (Fsp3) is 0.429. The van der Waals surface area contributed by atoms with Crippen molar-refractivity contribution >= 4 is 17.9 Å². The Kier molecular flexibility index (Phi) is 10.3. The molecule has 7 rings (SSSR count). The molecule has 4 aliphatic rings. The molecule has 1 aliphatic carbocycles. The normalized spacial score (nSPS) is 24.8. The maximum Gasteiger partial charge on any atom is 0.234 e. The minimum absolute atomic E-state index is 0.00159. The molecule has 3 fully saturated rings. The number of imide groups is 1. The van der Waals surface area contributed by atoms with E-state index in [9.17, 15) is 14.7 Å². The van der Waals surface area contributed by atoms with Gasteiger partial charge >= 0.3 is 0 Å². The van der Waals surface area contributed by atoms with Crippen molar-refractivity contribution in [3.63, 3.8) is 0 Å². The third-order valence-electron chi connectivity index (χ3n) is 10.9. The van der Waals surface area contributed by atoms with Crippen LogP contribution in [0.1, 0.15) is 63.0 Å². The number of hydrogen-bond donors (Lipinski definition) is 1. The van der Waals surface area contributed by atoms with Gasteiger partial charge in [-0.2, -0.15) is 0 Å². The second kappa shape index (κ2) is 15.1. The van der Waals surface area contributed by atoms with E-state index in [4.69, 9.17) is 9.47 Å². The number of allylic oxidation sites excluding steroid dienone is 1. The smallest absolute Gasteiger partial charge is 0.234 e. The standard InChI is InChI=1S/C42H48N2O5/c1-2-9-29(24-30-14-17-34(45)18-15-30)16-19-38-39-32(27-48-35-12-7-4-8-13-35)25-36-40(37(39)28-49-38)42(47)44(41(36)46)33-20-22-43(23-21-33)26-31-10-5-3-6-11-31/h3-8,10-15,17-18,24,33,36-38,40,45H,2,9,16,19-23,25-28H2,1H3/b29-24+/t36-,37+,38-,40-/m1/s1. The van der Waals surface area contributed by atoms with Crippen molar-refractivity contribution in [1.82, 2.24) is 9.80 Å². The molecule has 0 saturated carbocycles. The predicted octanol–water partition coefficient (Wildman–Crippen LogP) is 7.42. The topological polar surface area (TPSA) is 79.3 Å². The summed E-state index contributed by atoms with van der Waals surface area (Å²) in [4.78, 5) is 32.5. The van der Waals surface area contributed by atoms with Gasteiger partial charge in [0.25, 0.3) is 0 Å². The van der Waals surface area contributed by atoms with Crippen LogP contribution in [-0.2, 0) is 20.9 Å². The molecule has 0 aromatic heterocycles. The van der Waals surface area contributed by atoms with E-state index in [1.807, 2.05) is 48.5 Å². The number of phenolic OH excluding ortho intramolecular Hbond substituents is 1. The molecule has 0 bridgehead atoms. The van der Waals surface area contributed by atoms with Crippen LogP contribution in [0.25, 0.3) is 6.08 Å². The van der Waals surface area contributed by atoms with Crippen molar-refractivity contribution in [1.29, 1.82) is 0 Å². The summed E-state index contributed by atoms with van der Waals surface area (Å²) in [5, 5.41) is 9.74. The zero-order valence-corrected chi connectivity index (χ0v) is 28.5. The third kappa shape index (κ3) is 7.38. The van der Waals surface area contributed by atoms with Crippen LogP contribution < -0.4 is 4.74 Å². The van der Waals surface area contributed by atoms with Gasteiger partial charge in [0.1, 0.15) is 18.1 Å². The molecule has 0 spiro atoms. The van der Waals surface area contributed by atoms with Crippen molar-refractivity contribution in [3.05, 3.63) is 113 Å². The van der Waals surface area contributed by atoms with Gasteiger partial charge in [-0.15, -0.1) is 0 Å². The van der Waals surface area contributed by atoms with Gasteiger partial charge in [0.05, 0.1) is 24.5 Å². The fourth-order valence-corrected chi connectivity index (χ4v) is 8.57. The van der Waals surface area contributed by atoms with Crippen molar-refractivity contribution in [2.75, 3.05) is 26.3 Å². The Morgan fingerprint density at radius 2 is 1.61 bits per heavy atom. The minimum atomic E-state index is -0.363. The van der Waals surface area contributed by atoms with E-state index in [2.05, 4.69) is 42.2 Å². The van der Waals surface area contributed by atoms with Crippen LogP contribution in [-0.4, -0.2) is 65.2 Å². The van der Waals surface area contributed by atoms with Gasteiger partial charge < -0.3 is 14.6 Å². The molecule has 256 valence electrons. The highest BCUT2D eigenvalue weighted by atomic mass is 16.5. The number of fused-ring (bicyclic) bond motifs is 3. The lowest BCUT2D eigenvalue weighted by molar-refractivity contribution is -0.144. The molecule has 0 unspecified atom stereocenters. The number of carbonyl (C=O) groups excluding carboxylic acids is 2. The zero-order chi connectivity index (χ0) is 33.7. The molecular formula is C42H48N2O5. The first-order chi connectivity index (χ1) is 24.0. The average Bonchev–Trinajstić information content (AvgIpc) is 3.66. The molecule has 0 radical (unpaired) electrons. The number of rotatable bonds is 12. The summed E-state index contributed by atoms with van der Waals surface area (Å²) in [5.74, 6) is 0.240. The molecule has 3 saturated heterocycles. The maximum absolute atomic E-state index is 14.3. The number of nitrogens with zero attached hydrogens (tertiary/aromatic N) is 2. The lowest BCUT2D eigenvalue weighted by Crippen LogP contribution is -2.47. The first-order valence-electron chi connectivity index (χ1n) is 18.1. The van der Waals surface area contributed by atoms with Crippen LogP contribution in [0.5, 0.6) is 11.5 Å². The first-order valence-corrected chi connectivity index (χ1v) is 18.1. The Bertz CT molecular complexity index is 1660. The lowest BCUT2D eigenvalue weighted by Gasteiger charge is -2.36. The van der Waals surface area contributed by atoms with E-state index < -0.39 is 0 Å². The number of para-hydroxylation sites is 1. The Labute approximate surface area is 290 Å². The molecule has 3 aromatic carbocycles. The van der Waals surface area contributed by atoms with Gasteiger partial charge in [-0.1, -0.05) is 85.7 Å². The van der Waals surface area contributed by atoms with Crippen LogP contribution in [0.3, 0.4) is 0 Å². The van der Waals surface area contributed by atoms with E-state index >= 15 is 0 Å². The van der Waals surface area contributed by atoms with E-state index in [1.165, 1.54) is 16.7 Å². The Hall–Kier alpha value is -4.20. The summed E-state index contributed by atoms with van der Waals surface area (Å²) in [5.41, 5.74) is 6.02. The number of hydrogen-bond acceptors (Lipinski definition) is 6. The Balaban J connectivity index is 1.08. The monoisotopic (exact) mass is 660 g/mol. The van der Waals surface area contributed by atoms with Gasteiger partial charge in [0, 0.05) is 31.6 Å². The average molecular weight is 661 g/mol. The Morgan fingerprint density at radius 1 is 0.898 bits per heavy atom. The highest BCUT2D eigenvalue weighted by molar-refractivity contribution is 6.06. The summed E-state index contributed by atoms with van der Waals surface area (Å²) < 4.78 is 12.9. The van der Waals surface area contributed by atoms with Gasteiger partial charge in [-0.25, -0.2) is 0 Å². The van der Waals surface area contributed by atoms with Crippen LogP contribution in [0.15, 0.2) is 102 Å². The van der Waals surface area contributed by atoms with Crippen LogP contribution in [0.4, 0.5) is 0 Å². The number of aromatic hydroxyl groups is 1. The Morgan fingerprint density at radius 3 is 2.33 bits per heavy atom. The SMILES string of the molecule is CCC/C(=C\c1ccc(O)cc1)CC[C@H]1OC[C@H]2C1=C(COc1ccccc1)C[C@H]1C(=O)N(C3CCN(Cc4ccccc4)CC3)C(=O)[C@H]12. The molecular weight excluding hydrogens is 612 g/mol. The molecule has 4 atom stereocenters. The summed E-state index contributed by atoms with van der Waals surface area (Å²) >= 11 is 0. The molecule has 2 amide bonds. The summed E-state index contributed by atoms with van der Waals surface area (Å²) in [6.07, 6.45) is 7.99. The quantitative estimate of drug-likeness (QED) is 0.161. The van der Waals surface area contributed by atoms with Crippen LogP contribution >= 0.6 is 0 Å². The number of amides is 2. The number of piperidine rings is 1. The number of carbonyl (C=O) groups is 2. The third-order valence-corrected chi connectivity index (χ3v) is 10.9. The minimum Gasteiger partial charge on any atom is -0.508 e. The number of likely N-dealkylation sites (tertiary alicyclic amines) is 2. The molecule has 3 aromatic rings. The van der Waals surface area contributed by atoms with Gasteiger partial charge in [0.15, 0.2) is 0 Å². The van der Waals surface area contributed by atoms with Gasteiger partial charge in [-0.3, -0.25) is 19.4 Å². The van der Waals surface area contributed by atoms with Gasteiger partial charge in [-0.05, 0) is 85.1 Å².